The molecule has 108 valence electrons. The van der Waals surface area contributed by atoms with Crippen LogP contribution in [0.5, 0.6) is 5.88 Å². The van der Waals surface area contributed by atoms with E-state index in [0.29, 0.717) is 18.4 Å². The van der Waals surface area contributed by atoms with Gasteiger partial charge >= 0.3 is 0 Å². The van der Waals surface area contributed by atoms with Crippen molar-refractivity contribution >= 4 is 33.3 Å². The first-order valence-electron chi connectivity index (χ1n) is 6.46. The van der Waals surface area contributed by atoms with Gasteiger partial charge in [-0.3, -0.25) is 0 Å². The molecule has 0 atom stereocenters. The Labute approximate surface area is 126 Å². The third kappa shape index (κ3) is 2.87. The molecule has 3 heterocycles. The van der Waals surface area contributed by atoms with E-state index >= 15 is 0 Å². The summed E-state index contributed by atoms with van der Waals surface area (Å²) in [5.74, 6) is 2.04. The number of hydrogen-bond acceptors (Lipinski definition) is 7. The fraction of sp³-hybridized carbons (Fsp3) is 0.214. The Morgan fingerprint density at radius 2 is 2.14 bits per heavy atom. The Hall–Kier alpha value is -2.41. The third-order valence-electron chi connectivity index (χ3n) is 3.02. The molecule has 0 spiro atoms. The number of methoxy groups -OCH3 is 1. The first-order valence-corrected chi connectivity index (χ1v) is 7.34. The molecule has 0 saturated carbocycles. The average Bonchev–Trinajstić information content (AvgIpc) is 3.01. The van der Waals surface area contributed by atoms with Gasteiger partial charge in [0.05, 0.1) is 12.5 Å². The maximum absolute atomic E-state index is 5.05. The lowest BCUT2D eigenvalue weighted by atomic mass is 10.3. The van der Waals surface area contributed by atoms with Crippen LogP contribution >= 0.6 is 11.3 Å². The van der Waals surface area contributed by atoms with Gasteiger partial charge in [0.2, 0.25) is 11.8 Å². The number of hydrogen-bond donors (Lipinski definition) is 2. The lowest BCUT2D eigenvalue weighted by Crippen LogP contribution is -2.05. The summed E-state index contributed by atoms with van der Waals surface area (Å²) in [7, 11) is 3.42. The van der Waals surface area contributed by atoms with Crippen LogP contribution in [0.4, 0.5) is 11.8 Å². The Kier molecular flexibility index (Phi) is 3.83. The largest absolute Gasteiger partial charge is 0.481 e. The minimum absolute atomic E-state index is 0.610. The highest BCUT2D eigenvalue weighted by molar-refractivity contribution is 7.16. The second-order valence-corrected chi connectivity index (χ2v) is 5.24. The molecule has 3 aromatic rings. The van der Waals surface area contributed by atoms with Gasteiger partial charge in [-0.1, -0.05) is 6.07 Å². The Morgan fingerprint density at radius 1 is 1.24 bits per heavy atom. The second-order valence-electron chi connectivity index (χ2n) is 4.35. The molecule has 0 saturated heterocycles. The van der Waals surface area contributed by atoms with E-state index in [9.17, 15) is 0 Å². The van der Waals surface area contributed by atoms with Crippen molar-refractivity contribution in [2.45, 2.75) is 6.54 Å². The Balaban J connectivity index is 1.81. The SMILES string of the molecule is CNc1nc(NCc2ccc(OC)nc2)c2ccsc2n1. The number of nitrogens with zero attached hydrogens (tertiary/aromatic N) is 3. The number of fused-ring (bicyclic) bond motifs is 1. The van der Waals surface area contributed by atoms with E-state index < -0.39 is 0 Å². The summed E-state index contributed by atoms with van der Waals surface area (Å²) < 4.78 is 5.05. The molecule has 21 heavy (non-hydrogen) atoms. The van der Waals surface area contributed by atoms with Crippen LogP contribution < -0.4 is 15.4 Å². The van der Waals surface area contributed by atoms with Crippen LogP contribution in [0.25, 0.3) is 10.2 Å². The molecule has 3 rings (SSSR count). The van der Waals surface area contributed by atoms with Crippen LogP contribution in [0.3, 0.4) is 0 Å². The van der Waals surface area contributed by atoms with Gasteiger partial charge in [0, 0.05) is 25.9 Å². The maximum atomic E-state index is 5.05. The van der Waals surface area contributed by atoms with Gasteiger partial charge in [-0.15, -0.1) is 11.3 Å². The van der Waals surface area contributed by atoms with Crippen LogP contribution in [0.2, 0.25) is 0 Å². The molecule has 0 fully saturated rings. The van der Waals surface area contributed by atoms with E-state index in [1.54, 1.807) is 24.6 Å². The second kappa shape index (κ2) is 5.92. The normalized spacial score (nSPS) is 10.6. The van der Waals surface area contributed by atoms with E-state index in [0.717, 1.165) is 21.6 Å². The monoisotopic (exact) mass is 301 g/mol. The van der Waals surface area contributed by atoms with E-state index in [2.05, 4.69) is 25.6 Å². The zero-order valence-electron chi connectivity index (χ0n) is 11.8. The zero-order chi connectivity index (χ0) is 14.7. The van der Waals surface area contributed by atoms with Crippen molar-refractivity contribution in [1.29, 1.82) is 0 Å². The topological polar surface area (TPSA) is 72.0 Å². The molecule has 0 aliphatic carbocycles. The molecule has 3 aromatic heterocycles. The van der Waals surface area contributed by atoms with Gasteiger partial charge < -0.3 is 15.4 Å². The van der Waals surface area contributed by atoms with E-state index in [1.807, 2.05) is 30.6 Å². The molecule has 0 aliphatic rings. The van der Waals surface area contributed by atoms with Gasteiger partial charge in [-0.05, 0) is 17.0 Å². The maximum Gasteiger partial charge on any atom is 0.225 e. The van der Waals surface area contributed by atoms with Crippen LogP contribution in [0.15, 0.2) is 29.8 Å². The Bertz CT molecular complexity index is 741. The molecule has 7 heteroatoms. The highest BCUT2D eigenvalue weighted by Crippen LogP contribution is 2.26. The van der Waals surface area contributed by atoms with E-state index in [1.165, 1.54) is 0 Å². The van der Waals surface area contributed by atoms with Crippen molar-refractivity contribution in [3.63, 3.8) is 0 Å². The first kappa shape index (κ1) is 13.6. The molecule has 0 amide bonds. The van der Waals surface area contributed by atoms with Crippen LogP contribution in [-0.4, -0.2) is 29.1 Å². The van der Waals surface area contributed by atoms with Crippen LogP contribution in [-0.2, 0) is 6.54 Å². The summed E-state index contributed by atoms with van der Waals surface area (Å²) in [5, 5.41) is 9.36. The number of rotatable bonds is 5. The molecule has 0 aliphatic heterocycles. The summed E-state index contributed by atoms with van der Waals surface area (Å²) in [4.78, 5) is 14.0. The van der Waals surface area contributed by atoms with Crippen LogP contribution in [0.1, 0.15) is 5.56 Å². The summed E-state index contributed by atoms with van der Waals surface area (Å²) in [6.45, 7) is 0.641. The lowest BCUT2D eigenvalue weighted by Gasteiger charge is -2.09. The number of anilines is 2. The lowest BCUT2D eigenvalue weighted by molar-refractivity contribution is 0.397. The number of ether oxygens (including phenoxy) is 1. The summed E-state index contributed by atoms with van der Waals surface area (Å²) >= 11 is 1.60. The minimum Gasteiger partial charge on any atom is -0.481 e. The number of thiophene rings is 1. The highest BCUT2D eigenvalue weighted by atomic mass is 32.1. The van der Waals surface area contributed by atoms with E-state index in [4.69, 9.17) is 4.74 Å². The van der Waals surface area contributed by atoms with Crippen molar-refractivity contribution in [2.75, 3.05) is 24.8 Å². The van der Waals surface area contributed by atoms with E-state index in [-0.39, 0.29) is 0 Å². The van der Waals surface area contributed by atoms with Crippen molar-refractivity contribution in [3.8, 4) is 5.88 Å². The molecular weight excluding hydrogens is 286 g/mol. The van der Waals surface area contributed by atoms with Gasteiger partial charge in [-0.2, -0.15) is 4.98 Å². The predicted molar refractivity (Wildman–Crippen MR) is 85.1 cm³/mol. The van der Waals surface area contributed by atoms with Crippen molar-refractivity contribution < 1.29 is 4.74 Å². The first-order chi connectivity index (χ1) is 10.3. The molecule has 2 N–H and O–H groups in total. The average molecular weight is 301 g/mol. The summed E-state index contributed by atoms with van der Waals surface area (Å²) in [6.07, 6.45) is 1.79. The van der Waals surface area contributed by atoms with Gasteiger partial charge in [0.25, 0.3) is 0 Å². The number of nitrogens with one attached hydrogen (secondary N) is 2. The molecular formula is C14H15N5OS. The summed E-state index contributed by atoms with van der Waals surface area (Å²) in [6, 6.07) is 5.84. The Morgan fingerprint density at radius 3 is 2.86 bits per heavy atom. The quantitative estimate of drug-likeness (QED) is 0.755. The number of aromatic nitrogens is 3. The standard InChI is InChI=1S/C14H15N5OS/c1-15-14-18-12(10-5-6-21-13(10)19-14)17-8-9-3-4-11(20-2)16-7-9/h3-7H,8H2,1-2H3,(H2,15,17,18,19). The molecule has 0 radical (unpaired) electrons. The fourth-order valence-electron chi connectivity index (χ4n) is 1.92. The zero-order valence-corrected chi connectivity index (χ0v) is 12.6. The molecule has 0 unspecified atom stereocenters. The third-order valence-corrected chi connectivity index (χ3v) is 3.82. The fourth-order valence-corrected chi connectivity index (χ4v) is 2.69. The molecule has 0 bridgehead atoms. The summed E-state index contributed by atoms with van der Waals surface area (Å²) in [5.41, 5.74) is 1.06. The van der Waals surface area contributed by atoms with Crippen LogP contribution in [0, 0.1) is 0 Å². The smallest absolute Gasteiger partial charge is 0.225 e. The molecule has 6 nitrogen and oxygen atoms in total. The van der Waals surface area contributed by atoms with Crippen molar-refractivity contribution in [1.82, 2.24) is 15.0 Å². The van der Waals surface area contributed by atoms with Crippen molar-refractivity contribution in [2.24, 2.45) is 0 Å². The predicted octanol–water partition coefficient (Wildman–Crippen LogP) is 2.75. The number of pyridine rings is 1. The van der Waals surface area contributed by atoms with Gasteiger partial charge in [-0.25, -0.2) is 9.97 Å². The molecule has 0 aromatic carbocycles. The van der Waals surface area contributed by atoms with Gasteiger partial charge in [0.1, 0.15) is 10.6 Å². The van der Waals surface area contributed by atoms with Crippen molar-refractivity contribution in [3.05, 3.63) is 35.3 Å². The van der Waals surface area contributed by atoms with Gasteiger partial charge in [0.15, 0.2) is 0 Å². The minimum atomic E-state index is 0.610. The highest BCUT2D eigenvalue weighted by Gasteiger charge is 2.08.